The van der Waals surface area contributed by atoms with E-state index in [9.17, 15) is 43.2 Å². The smallest absolute Gasteiger partial charge is 0.462 e. The Labute approximate surface area is 498 Å². The van der Waals surface area contributed by atoms with Gasteiger partial charge in [0.1, 0.15) is 19.3 Å². The third kappa shape index (κ3) is 54.7. The number of hydrogen-bond donors (Lipinski definition) is 3. The second kappa shape index (κ2) is 53.3. The molecule has 0 rings (SSSR count). The predicted molar refractivity (Wildman–Crippen MR) is 326 cm³/mol. The van der Waals surface area contributed by atoms with Crippen molar-refractivity contribution in [1.29, 1.82) is 0 Å². The Balaban J connectivity index is 5.27. The zero-order chi connectivity index (χ0) is 61.1. The number of rotatable bonds is 60. The van der Waals surface area contributed by atoms with Crippen LogP contribution in [0.25, 0.3) is 0 Å². The number of hydrogen-bond acceptors (Lipinski definition) is 15. The van der Waals surface area contributed by atoms with Crippen molar-refractivity contribution in [1.82, 2.24) is 0 Å². The number of unbranched alkanes of at least 4 members (excludes halogenated alkanes) is 24. The van der Waals surface area contributed by atoms with Gasteiger partial charge in [0.2, 0.25) is 0 Å². The molecule has 486 valence electrons. The summed E-state index contributed by atoms with van der Waals surface area (Å²) in [5.41, 5.74) is 0. The van der Waals surface area contributed by atoms with Crippen LogP contribution in [0.15, 0.2) is 0 Å². The zero-order valence-electron chi connectivity index (χ0n) is 53.1. The van der Waals surface area contributed by atoms with Crippen LogP contribution in [-0.2, 0) is 65.4 Å². The number of phosphoric ester groups is 2. The highest BCUT2D eigenvalue weighted by molar-refractivity contribution is 7.47. The second-order valence-corrected chi connectivity index (χ2v) is 27.1. The maximum absolute atomic E-state index is 13.0. The molecule has 0 saturated heterocycles. The molecule has 3 N–H and O–H groups in total. The van der Waals surface area contributed by atoms with Crippen LogP contribution in [0.1, 0.15) is 299 Å². The Bertz CT molecular complexity index is 1650. The van der Waals surface area contributed by atoms with Crippen LogP contribution in [0.3, 0.4) is 0 Å². The summed E-state index contributed by atoms with van der Waals surface area (Å²) in [4.78, 5) is 72.1. The van der Waals surface area contributed by atoms with Crippen LogP contribution < -0.4 is 0 Å². The molecule has 0 aliphatic rings. The molecule has 17 nitrogen and oxygen atoms in total. The monoisotopic (exact) mass is 1210 g/mol. The van der Waals surface area contributed by atoms with E-state index >= 15 is 0 Å². The summed E-state index contributed by atoms with van der Waals surface area (Å²) in [5, 5.41) is 10.5. The highest BCUT2D eigenvalue weighted by Gasteiger charge is 2.30. The second-order valence-electron chi connectivity index (χ2n) is 24.2. The molecule has 19 heteroatoms. The van der Waals surface area contributed by atoms with E-state index in [1.165, 1.54) is 89.9 Å². The number of phosphoric acid groups is 2. The first-order chi connectivity index (χ1) is 39.2. The van der Waals surface area contributed by atoms with Crippen molar-refractivity contribution >= 4 is 39.5 Å². The summed E-state index contributed by atoms with van der Waals surface area (Å²) in [6.07, 6.45) is 32.2. The molecule has 0 radical (unpaired) electrons. The molecule has 0 amide bonds. The number of aliphatic hydroxyl groups is 1. The fourth-order valence-corrected chi connectivity index (χ4v) is 10.8. The van der Waals surface area contributed by atoms with Gasteiger partial charge in [-0.2, -0.15) is 0 Å². The van der Waals surface area contributed by atoms with Gasteiger partial charge in [-0.1, -0.05) is 248 Å². The van der Waals surface area contributed by atoms with Crippen molar-refractivity contribution in [2.75, 3.05) is 39.6 Å². The molecule has 0 bridgehead atoms. The molecule has 0 fully saturated rings. The fourth-order valence-electron chi connectivity index (χ4n) is 9.19. The molecular weight excluding hydrogens is 1090 g/mol. The van der Waals surface area contributed by atoms with Gasteiger partial charge in [0.15, 0.2) is 12.2 Å². The average Bonchev–Trinajstić information content (AvgIpc) is 3.43. The minimum Gasteiger partial charge on any atom is -0.462 e. The van der Waals surface area contributed by atoms with Gasteiger partial charge >= 0.3 is 39.5 Å². The summed E-state index contributed by atoms with van der Waals surface area (Å²) >= 11 is 0. The molecule has 0 aliphatic heterocycles. The largest absolute Gasteiger partial charge is 0.472 e. The number of esters is 4. The van der Waals surface area contributed by atoms with E-state index in [0.29, 0.717) is 31.6 Å². The minimum atomic E-state index is -4.94. The number of carbonyl (C=O) groups is 4. The SMILES string of the molecule is CCC(C)CCCCCCCCC(=O)OC[C@H](COP(=O)(O)OCC(O)COP(=O)(O)OC[C@@H](COC(=O)CCCCCCCCCC(C)C)OC(=O)CCCCCCCCC(C)CC)OC(=O)CCCCCCCCCCCC(C)C. The van der Waals surface area contributed by atoms with Gasteiger partial charge in [-0.3, -0.25) is 37.3 Å². The summed E-state index contributed by atoms with van der Waals surface area (Å²) in [5.74, 6) is 0.748. The standard InChI is InChI=1S/C63H122O17P2/c1-9-55(7)41-33-25-19-21-28-36-44-61(66)74-50-58(79-62(67)45-37-29-17-13-11-12-15-23-31-39-53(3)4)51-77-81(69,70)75-47-57(64)48-76-82(71,72)78-52-59(80-63(68)46-38-30-22-20-26-34-42-56(8)10-2)49-73-60(65)43-35-27-18-14-16-24-32-40-54(5)6/h53-59,64H,9-52H2,1-8H3,(H,69,70)(H,71,72)/t55?,56?,57?,58-,59-/m1/s1. The highest BCUT2D eigenvalue weighted by atomic mass is 31.2. The minimum absolute atomic E-state index is 0.101. The summed E-state index contributed by atoms with van der Waals surface area (Å²) in [6, 6.07) is 0. The van der Waals surface area contributed by atoms with E-state index in [1.807, 2.05) is 0 Å². The summed E-state index contributed by atoms with van der Waals surface area (Å²) in [7, 11) is -9.89. The lowest BCUT2D eigenvalue weighted by molar-refractivity contribution is -0.161. The van der Waals surface area contributed by atoms with Crippen molar-refractivity contribution in [3.63, 3.8) is 0 Å². The maximum Gasteiger partial charge on any atom is 0.472 e. The van der Waals surface area contributed by atoms with E-state index in [2.05, 4.69) is 55.4 Å². The van der Waals surface area contributed by atoms with Gasteiger partial charge in [0.05, 0.1) is 26.4 Å². The van der Waals surface area contributed by atoms with E-state index < -0.39 is 97.5 Å². The maximum atomic E-state index is 13.0. The third-order valence-electron chi connectivity index (χ3n) is 15.0. The topological polar surface area (TPSA) is 237 Å². The fraction of sp³-hybridized carbons (Fsp3) is 0.937. The van der Waals surface area contributed by atoms with Crippen LogP contribution in [0.5, 0.6) is 0 Å². The van der Waals surface area contributed by atoms with E-state index in [1.54, 1.807) is 0 Å². The molecule has 0 aromatic rings. The summed E-state index contributed by atoms with van der Waals surface area (Å²) in [6.45, 7) is 13.9. The lowest BCUT2D eigenvalue weighted by Crippen LogP contribution is -2.30. The summed E-state index contributed by atoms with van der Waals surface area (Å²) < 4.78 is 67.9. The van der Waals surface area contributed by atoms with Crippen molar-refractivity contribution in [3.05, 3.63) is 0 Å². The Kier molecular flexibility index (Phi) is 52.0. The Hall–Kier alpha value is -1.94. The highest BCUT2D eigenvalue weighted by Crippen LogP contribution is 2.45. The van der Waals surface area contributed by atoms with Gasteiger partial charge in [0, 0.05) is 25.7 Å². The molecule has 7 atom stereocenters. The lowest BCUT2D eigenvalue weighted by atomic mass is 10.00. The van der Waals surface area contributed by atoms with Gasteiger partial charge in [0.25, 0.3) is 0 Å². The molecule has 82 heavy (non-hydrogen) atoms. The van der Waals surface area contributed by atoms with Crippen molar-refractivity contribution in [2.24, 2.45) is 23.7 Å². The molecule has 0 aliphatic carbocycles. The van der Waals surface area contributed by atoms with Gasteiger partial charge in [-0.25, -0.2) is 9.13 Å². The van der Waals surface area contributed by atoms with Crippen LogP contribution >= 0.6 is 15.6 Å². The first kappa shape index (κ1) is 80.1. The van der Waals surface area contributed by atoms with Crippen molar-refractivity contribution < 1.29 is 80.2 Å². The quantitative estimate of drug-likeness (QED) is 0.0222. The number of ether oxygens (including phenoxy) is 4. The van der Waals surface area contributed by atoms with E-state index in [-0.39, 0.29) is 25.7 Å². The zero-order valence-corrected chi connectivity index (χ0v) is 54.9. The normalized spacial score (nSPS) is 15.1. The van der Waals surface area contributed by atoms with E-state index in [4.69, 9.17) is 37.0 Å². The Morgan fingerprint density at radius 3 is 0.866 bits per heavy atom. The van der Waals surface area contributed by atoms with Crippen LogP contribution in [-0.4, -0.2) is 96.7 Å². The number of aliphatic hydroxyl groups excluding tert-OH is 1. The molecule has 0 spiro atoms. The third-order valence-corrected chi connectivity index (χ3v) is 16.9. The van der Waals surface area contributed by atoms with Crippen LogP contribution in [0, 0.1) is 23.7 Å². The molecule has 0 aromatic carbocycles. The molecule has 0 aromatic heterocycles. The first-order valence-corrected chi connectivity index (χ1v) is 35.8. The lowest BCUT2D eigenvalue weighted by Gasteiger charge is -2.21. The van der Waals surface area contributed by atoms with Gasteiger partial charge in [-0.05, 0) is 49.4 Å². The Morgan fingerprint density at radius 1 is 0.341 bits per heavy atom. The van der Waals surface area contributed by atoms with Crippen LogP contribution in [0.2, 0.25) is 0 Å². The Morgan fingerprint density at radius 2 is 0.585 bits per heavy atom. The van der Waals surface area contributed by atoms with Crippen molar-refractivity contribution in [3.8, 4) is 0 Å². The van der Waals surface area contributed by atoms with Gasteiger partial charge in [-0.15, -0.1) is 0 Å². The average molecular weight is 1210 g/mol. The first-order valence-electron chi connectivity index (χ1n) is 32.8. The van der Waals surface area contributed by atoms with Crippen molar-refractivity contribution in [2.45, 2.75) is 318 Å². The molecule has 0 heterocycles. The molecule has 5 unspecified atom stereocenters. The molecular formula is C63H122O17P2. The predicted octanol–water partition coefficient (Wildman–Crippen LogP) is 17.0. The van der Waals surface area contributed by atoms with Gasteiger partial charge < -0.3 is 33.8 Å². The van der Waals surface area contributed by atoms with Crippen LogP contribution in [0.4, 0.5) is 0 Å². The molecule has 0 saturated carbocycles. The van der Waals surface area contributed by atoms with E-state index in [0.717, 1.165) is 120 Å². The number of carbonyl (C=O) groups excluding carboxylic acids is 4.